The molecule has 0 amide bonds. The van der Waals surface area contributed by atoms with Crippen LogP contribution in [0.3, 0.4) is 0 Å². The van der Waals surface area contributed by atoms with Crippen molar-refractivity contribution >= 4 is 15.7 Å². The van der Waals surface area contributed by atoms with Gasteiger partial charge in [-0.15, -0.1) is 0 Å². The first-order valence-electron chi connectivity index (χ1n) is 3.31. The number of H-pyrrole nitrogens is 1. The third-order valence-corrected chi connectivity index (χ3v) is 1.99. The van der Waals surface area contributed by atoms with Crippen LogP contribution in [0.25, 0.3) is 0 Å². The lowest BCUT2D eigenvalue weighted by atomic mass is 10.5. The smallest absolute Gasteiger partial charge is 0.210 e. The molecule has 0 bridgehead atoms. The minimum absolute atomic E-state index is 0.0851. The Hall–Kier alpha value is -1.08. The maximum Gasteiger partial charge on any atom is 0.210 e. The molecular weight excluding hydrogens is 180 g/mol. The van der Waals surface area contributed by atoms with Crippen LogP contribution in [0.15, 0.2) is 12.4 Å². The van der Waals surface area contributed by atoms with E-state index in [0.29, 0.717) is 6.54 Å². The van der Waals surface area contributed by atoms with Crippen molar-refractivity contribution in [3.05, 3.63) is 12.4 Å². The highest BCUT2D eigenvalue weighted by Gasteiger charge is 2.01. The van der Waals surface area contributed by atoms with Gasteiger partial charge in [0, 0.05) is 12.7 Å². The van der Waals surface area contributed by atoms with E-state index in [4.69, 9.17) is 5.14 Å². The number of sulfonamides is 1. The highest BCUT2D eigenvalue weighted by atomic mass is 32.2. The average molecular weight is 190 g/mol. The van der Waals surface area contributed by atoms with Crippen LogP contribution in [-0.4, -0.2) is 30.9 Å². The highest BCUT2D eigenvalue weighted by molar-refractivity contribution is 7.89. The Balaban J connectivity index is 2.29. The molecule has 0 spiro atoms. The summed E-state index contributed by atoms with van der Waals surface area (Å²) in [4.78, 5) is 0. The predicted molar refractivity (Wildman–Crippen MR) is 45.1 cm³/mol. The molecule has 68 valence electrons. The summed E-state index contributed by atoms with van der Waals surface area (Å²) in [6.45, 7) is 0.290. The van der Waals surface area contributed by atoms with Crippen molar-refractivity contribution in [1.82, 2.24) is 10.2 Å². The monoisotopic (exact) mass is 190 g/mol. The molecule has 0 saturated carbocycles. The fourth-order valence-corrected chi connectivity index (χ4v) is 1.07. The quantitative estimate of drug-likeness (QED) is 0.573. The van der Waals surface area contributed by atoms with Gasteiger partial charge in [-0.1, -0.05) is 0 Å². The van der Waals surface area contributed by atoms with Gasteiger partial charge in [-0.05, 0) is 0 Å². The number of aromatic amines is 1. The largest absolute Gasteiger partial charge is 0.381 e. The Morgan fingerprint density at radius 1 is 1.67 bits per heavy atom. The Labute approximate surface area is 70.2 Å². The third-order valence-electron chi connectivity index (χ3n) is 1.21. The number of hydrogen-bond acceptors (Lipinski definition) is 4. The van der Waals surface area contributed by atoms with E-state index >= 15 is 0 Å². The average Bonchev–Trinajstić information content (AvgIpc) is 2.36. The van der Waals surface area contributed by atoms with Crippen LogP contribution < -0.4 is 10.5 Å². The van der Waals surface area contributed by atoms with Gasteiger partial charge in [0.25, 0.3) is 0 Å². The molecule has 0 unspecified atom stereocenters. The molecule has 0 atom stereocenters. The minimum Gasteiger partial charge on any atom is -0.381 e. The molecule has 1 rings (SSSR count). The van der Waals surface area contributed by atoms with Gasteiger partial charge in [-0.2, -0.15) is 5.10 Å². The summed E-state index contributed by atoms with van der Waals surface area (Å²) >= 11 is 0. The van der Waals surface area contributed by atoms with E-state index in [1.807, 2.05) is 0 Å². The van der Waals surface area contributed by atoms with Crippen molar-refractivity contribution in [3.63, 3.8) is 0 Å². The standard InChI is InChI=1S/C5H10N4O2S/c6-12(10,11)2-1-7-5-3-8-9-4-5/h3-4,7H,1-2H2,(H,8,9)(H2,6,10,11). The van der Waals surface area contributed by atoms with Crippen molar-refractivity contribution in [2.75, 3.05) is 17.6 Å². The van der Waals surface area contributed by atoms with Gasteiger partial charge in [0.05, 0.1) is 17.6 Å². The Bertz CT molecular complexity index is 317. The molecule has 1 aromatic rings. The fourth-order valence-electron chi connectivity index (χ4n) is 0.685. The zero-order chi connectivity index (χ0) is 9.03. The van der Waals surface area contributed by atoms with Crippen molar-refractivity contribution in [2.45, 2.75) is 0 Å². The lowest BCUT2D eigenvalue weighted by molar-refractivity contribution is 0.598. The van der Waals surface area contributed by atoms with E-state index in [1.54, 1.807) is 12.4 Å². The maximum atomic E-state index is 10.5. The Morgan fingerprint density at radius 3 is 2.92 bits per heavy atom. The topological polar surface area (TPSA) is 101 Å². The number of rotatable bonds is 4. The molecule has 4 N–H and O–H groups in total. The lowest BCUT2D eigenvalue weighted by Gasteiger charge is -2.00. The SMILES string of the molecule is NS(=O)(=O)CCNc1cn[nH]c1. The van der Waals surface area contributed by atoms with Gasteiger partial charge in [-0.3, -0.25) is 5.10 Å². The van der Waals surface area contributed by atoms with Crippen LogP contribution >= 0.6 is 0 Å². The van der Waals surface area contributed by atoms with Gasteiger partial charge in [-0.25, -0.2) is 13.6 Å². The van der Waals surface area contributed by atoms with Gasteiger partial charge in [0.1, 0.15) is 0 Å². The molecule has 0 saturated heterocycles. The van der Waals surface area contributed by atoms with E-state index < -0.39 is 10.0 Å². The molecule has 0 fully saturated rings. The number of aromatic nitrogens is 2. The summed E-state index contributed by atoms with van der Waals surface area (Å²) in [6, 6.07) is 0. The van der Waals surface area contributed by atoms with Crippen LogP contribution in [0.2, 0.25) is 0 Å². The minimum atomic E-state index is -3.37. The van der Waals surface area contributed by atoms with Crippen molar-refractivity contribution in [2.24, 2.45) is 5.14 Å². The number of primary sulfonamides is 1. The van der Waals surface area contributed by atoms with E-state index in [2.05, 4.69) is 15.5 Å². The summed E-state index contributed by atoms with van der Waals surface area (Å²) in [5.41, 5.74) is 0.749. The van der Waals surface area contributed by atoms with Gasteiger partial charge < -0.3 is 5.32 Å². The van der Waals surface area contributed by atoms with E-state index in [-0.39, 0.29) is 5.75 Å². The summed E-state index contributed by atoms with van der Waals surface area (Å²) in [5.74, 6) is -0.0851. The molecule has 0 aliphatic rings. The van der Waals surface area contributed by atoms with Crippen LogP contribution in [0.1, 0.15) is 0 Å². The summed E-state index contributed by atoms with van der Waals surface area (Å²) in [7, 11) is -3.37. The first kappa shape index (κ1) is 9.01. The molecule has 6 nitrogen and oxygen atoms in total. The van der Waals surface area contributed by atoms with Gasteiger partial charge >= 0.3 is 0 Å². The molecule has 0 aliphatic heterocycles. The van der Waals surface area contributed by atoms with E-state index in [0.717, 1.165) is 5.69 Å². The number of nitrogens with zero attached hydrogens (tertiary/aromatic N) is 1. The van der Waals surface area contributed by atoms with Crippen LogP contribution in [-0.2, 0) is 10.0 Å². The zero-order valence-electron chi connectivity index (χ0n) is 6.32. The van der Waals surface area contributed by atoms with E-state index in [9.17, 15) is 8.42 Å². The molecule has 7 heteroatoms. The second kappa shape index (κ2) is 3.55. The van der Waals surface area contributed by atoms with Crippen LogP contribution in [0.4, 0.5) is 5.69 Å². The summed E-state index contributed by atoms with van der Waals surface area (Å²) in [5, 5.41) is 13.9. The van der Waals surface area contributed by atoms with Crippen molar-refractivity contribution < 1.29 is 8.42 Å². The fraction of sp³-hybridized carbons (Fsp3) is 0.400. The number of nitrogens with one attached hydrogen (secondary N) is 2. The first-order chi connectivity index (χ1) is 5.58. The first-order valence-corrected chi connectivity index (χ1v) is 5.02. The van der Waals surface area contributed by atoms with Crippen LogP contribution in [0, 0.1) is 0 Å². The summed E-state index contributed by atoms with van der Waals surface area (Å²) in [6.07, 6.45) is 3.19. The normalized spacial score (nSPS) is 11.4. The molecular formula is C5H10N4O2S. The molecule has 12 heavy (non-hydrogen) atoms. The van der Waals surface area contributed by atoms with Crippen molar-refractivity contribution in [3.8, 4) is 0 Å². The molecule has 0 aromatic carbocycles. The van der Waals surface area contributed by atoms with Gasteiger partial charge in [0.2, 0.25) is 10.0 Å². The predicted octanol–water partition coefficient (Wildman–Crippen LogP) is -0.890. The second-order valence-corrected chi connectivity index (χ2v) is 4.01. The molecule has 0 radical (unpaired) electrons. The third kappa shape index (κ3) is 3.35. The second-order valence-electron chi connectivity index (χ2n) is 2.28. The van der Waals surface area contributed by atoms with E-state index in [1.165, 1.54) is 0 Å². The molecule has 0 aliphatic carbocycles. The number of anilines is 1. The molecule has 1 aromatic heterocycles. The summed E-state index contributed by atoms with van der Waals surface area (Å²) < 4.78 is 20.9. The Morgan fingerprint density at radius 2 is 2.42 bits per heavy atom. The highest BCUT2D eigenvalue weighted by Crippen LogP contribution is 1.99. The number of hydrogen-bond donors (Lipinski definition) is 3. The maximum absolute atomic E-state index is 10.5. The zero-order valence-corrected chi connectivity index (χ0v) is 7.13. The van der Waals surface area contributed by atoms with Gasteiger partial charge in [0.15, 0.2) is 0 Å². The Kier molecular flexibility index (Phi) is 2.66. The van der Waals surface area contributed by atoms with Crippen LogP contribution in [0.5, 0.6) is 0 Å². The molecule has 1 heterocycles. The number of nitrogens with two attached hydrogens (primary N) is 1. The lowest BCUT2D eigenvalue weighted by Crippen LogP contribution is -2.22. The van der Waals surface area contributed by atoms with Crippen molar-refractivity contribution in [1.29, 1.82) is 0 Å².